The molecular formula is C35H42ClN3O6. The van der Waals surface area contributed by atoms with Crippen LogP contribution in [-0.4, -0.2) is 78.9 Å². The molecule has 0 saturated heterocycles. The van der Waals surface area contributed by atoms with Gasteiger partial charge in [-0.2, -0.15) is 0 Å². The highest BCUT2D eigenvalue weighted by Gasteiger charge is 2.22. The number of nitrogens with zero attached hydrogens (tertiary/aromatic N) is 2. The summed E-state index contributed by atoms with van der Waals surface area (Å²) >= 11 is 5.69. The van der Waals surface area contributed by atoms with E-state index in [9.17, 15) is 14.7 Å². The van der Waals surface area contributed by atoms with Crippen LogP contribution in [0.2, 0.25) is 0 Å². The number of ether oxygens (including phenoxy) is 2. The molecule has 2 aromatic rings. The maximum Gasteiger partial charge on any atom is 0.251 e. The zero-order valence-corrected chi connectivity index (χ0v) is 27.2. The summed E-state index contributed by atoms with van der Waals surface area (Å²) < 4.78 is 19.5. The highest BCUT2D eigenvalue weighted by atomic mass is 35.5. The summed E-state index contributed by atoms with van der Waals surface area (Å²) in [6, 6.07) is 16.1. The summed E-state index contributed by atoms with van der Waals surface area (Å²) in [4.78, 5) is 27.5. The summed E-state index contributed by atoms with van der Waals surface area (Å²) in [6.07, 6.45) is 4.25. The van der Waals surface area contributed by atoms with E-state index < -0.39 is 5.97 Å². The molecule has 0 saturated carbocycles. The van der Waals surface area contributed by atoms with Crippen LogP contribution in [0.25, 0.3) is 33.4 Å². The van der Waals surface area contributed by atoms with E-state index in [2.05, 4.69) is 5.32 Å². The monoisotopic (exact) mass is 635 g/mol. The van der Waals surface area contributed by atoms with Gasteiger partial charge in [0.05, 0.1) is 31.9 Å². The van der Waals surface area contributed by atoms with Crippen molar-refractivity contribution in [2.75, 3.05) is 71.9 Å². The van der Waals surface area contributed by atoms with Crippen molar-refractivity contribution in [1.29, 1.82) is 0 Å². The van der Waals surface area contributed by atoms with E-state index in [0.717, 1.165) is 47.7 Å². The van der Waals surface area contributed by atoms with Crippen molar-refractivity contribution in [3.05, 3.63) is 71.1 Å². The summed E-state index contributed by atoms with van der Waals surface area (Å²) in [5.41, 5.74) is 3.57. The minimum atomic E-state index is -1.33. The Morgan fingerprint density at radius 1 is 0.889 bits per heavy atom. The van der Waals surface area contributed by atoms with E-state index in [0.29, 0.717) is 66.9 Å². The first-order chi connectivity index (χ1) is 21.7. The first kappa shape index (κ1) is 34.0. The van der Waals surface area contributed by atoms with Crippen LogP contribution < -0.4 is 25.3 Å². The largest absolute Gasteiger partial charge is 0.545 e. The first-order valence-electron chi connectivity index (χ1n) is 15.2. The predicted octanol–water partition coefficient (Wildman–Crippen LogP) is 4.23. The lowest BCUT2D eigenvalue weighted by atomic mass is 9.89. The Labute approximate surface area is 269 Å². The number of anilines is 1. The summed E-state index contributed by atoms with van der Waals surface area (Å²) in [5.74, 6) is -0.381. The lowest BCUT2D eigenvalue weighted by Gasteiger charge is -2.20. The molecule has 4 rings (SSSR count). The van der Waals surface area contributed by atoms with E-state index in [1.807, 2.05) is 74.1 Å². The molecule has 1 aliphatic heterocycles. The summed E-state index contributed by atoms with van der Waals surface area (Å²) in [5, 5.41) is 16.9. The number of aromatic carboxylic acids is 1. The van der Waals surface area contributed by atoms with Gasteiger partial charge in [-0.15, -0.1) is 11.6 Å². The van der Waals surface area contributed by atoms with E-state index in [1.54, 1.807) is 6.07 Å². The predicted molar refractivity (Wildman–Crippen MR) is 177 cm³/mol. The quantitative estimate of drug-likeness (QED) is 0.0850. The molecule has 2 aromatic carbocycles. The molecule has 0 unspecified atom stereocenters. The highest BCUT2D eigenvalue weighted by molar-refractivity contribution is 6.17. The molecule has 0 radical (unpaired) electrons. The fourth-order valence-corrected chi connectivity index (χ4v) is 5.29. The Morgan fingerprint density at radius 3 is 2.36 bits per heavy atom. The van der Waals surface area contributed by atoms with Gasteiger partial charge in [-0.3, -0.25) is 4.79 Å². The fourth-order valence-electron chi connectivity index (χ4n) is 5.10. The summed E-state index contributed by atoms with van der Waals surface area (Å²) in [6.45, 7) is 2.25. The molecule has 0 aromatic heterocycles. The number of carbonyl (C=O) groups is 2. The van der Waals surface area contributed by atoms with Gasteiger partial charge < -0.3 is 34.0 Å². The Hall–Kier alpha value is -3.92. The van der Waals surface area contributed by atoms with Crippen LogP contribution in [0.1, 0.15) is 46.4 Å². The van der Waals surface area contributed by atoms with Gasteiger partial charge in [0.2, 0.25) is 5.36 Å². The fraction of sp³-hybridized carbons (Fsp3) is 0.400. The van der Waals surface area contributed by atoms with Crippen molar-refractivity contribution in [3.63, 3.8) is 0 Å². The minimum absolute atomic E-state index is 0.0175. The number of carbonyl (C=O) groups excluding carboxylic acids is 2. The van der Waals surface area contributed by atoms with Gasteiger partial charge in [-0.25, -0.2) is 4.58 Å². The van der Waals surface area contributed by atoms with Gasteiger partial charge >= 0.3 is 0 Å². The van der Waals surface area contributed by atoms with Gasteiger partial charge in [0, 0.05) is 78.6 Å². The van der Waals surface area contributed by atoms with Crippen LogP contribution >= 0.6 is 11.6 Å². The minimum Gasteiger partial charge on any atom is -0.545 e. The molecule has 0 spiro atoms. The molecule has 1 heterocycles. The van der Waals surface area contributed by atoms with Crippen molar-refractivity contribution >= 4 is 40.1 Å². The third kappa shape index (κ3) is 8.84. The summed E-state index contributed by atoms with van der Waals surface area (Å²) in [7, 11) is 7.76. The average Bonchev–Trinajstić information content (AvgIpc) is 3.03. The number of hydrogen-bond acceptors (Lipinski definition) is 7. The van der Waals surface area contributed by atoms with E-state index in [-0.39, 0.29) is 11.5 Å². The molecule has 0 fully saturated rings. The standard InChI is InChI=1S/C35H42ClN3O6/c1-38(2)25-10-13-28-31(22-25)45-32-23-26(39(3)4)11-14-29(32)33(28)30-21-24(9-12-27(30)35(41)42)34(40)37-16-18-44-20-19-43-17-8-6-5-7-15-36/h9-14,21-23H,5-8,15-20H2,1-4H3,(H-,37,40,41,42). The molecule has 1 aliphatic carbocycles. The second-order valence-corrected chi connectivity index (χ2v) is 11.6. The van der Waals surface area contributed by atoms with Crippen molar-refractivity contribution < 1.29 is 28.6 Å². The Morgan fingerprint density at radius 2 is 1.64 bits per heavy atom. The lowest BCUT2D eigenvalue weighted by Crippen LogP contribution is -2.28. The molecular weight excluding hydrogens is 594 g/mol. The number of rotatable bonds is 16. The third-order valence-corrected chi connectivity index (χ3v) is 7.84. The molecule has 0 bridgehead atoms. The normalized spacial score (nSPS) is 11.2. The van der Waals surface area contributed by atoms with Gasteiger partial charge in [-0.1, -0.05) is 18.9 Å². The number of unbranched alkanes of at least 4 members (excludes halogenated alkanes) is 3. The number of alkyl halides is 1. The van der Waals surface area contributed by atoms with Crippen LogP contribution in [0.5, 0.6) is 0 Å². The van der Waals surface area contributed by atoms with Crippen LogP contribution in [0.4, 0.5) is 5.69 Å². The van der Waals surface area contributed by atoms with Crippen molar-refractivity contribution in [3.8, 4) is 22.5 Å². The van der Waals surface area contributed by atoms with Crippen molar-refractivity contribution in [1.82, 2.24) is 9.89 Å². The van der Waals surface area contributed by atoms with Crippen LogP contribution in [0, 0.1) is 0 Å². The molecule has 1 amide bonds. The second kappa shape index (κ2) is 16.4. The molecule has 10 heteroatoms. The second-order valence-electron chi connectivity index (χ2n) is 11.3. The number of hydrogen-bond donors (Lipinski definition) is 1. The van der Waals surface area contributed by atoms with E-state index in [1.165, 1.54) is 12.1 Å². The molecule has 45 heavy (non-hydrogen) atoms. The van der Waals surface area contributed by atoms with Crippen molar-refractivity contribution in [2.45, 2.75) is 25.7 Å². The first-order valence-corrected chi connectivity index (χ1v) is 15.8. The van der Waals surface area contributed by atoms with Crippen LogP contribution in [-0.2, 0) is 9.47 Å². The number of halogens is 1. The number of carboxylic acid groups (broad SMARTS) is 1. The zero-order valence-electron chi connectivity index (χ0n) is 26.5. The van der Waals surface area contributed by atoms with Gasteiger partial charge in [-0.05, 0) is 48.7 Å². The maximum absolute atomic E-state index is 13.2. The lowest BCUT2D eigenvalue weighted by molar-refractivity contribution is -0.254. The smallest absolute Gasteiger partial charge is 0.251 e. The number of carboxylic acids is 1. The number of fused-ring (bicyclic) bond motifs is 2. The topological polar surface area (TPSA) is 107 Å². The average molecular weight is 636 g/mol. The van der Waals surface area contributed by atoms with Gasteiger partial charge in [0.25, 0.3) is 5.91 Å². The Kier molecular flexibility index (Phi) is 12.4. The number of amides is 1. The third-order valence-electron chi connectivity index (χ3n) is 7.57. The SMILES string of the molecule is CN(C)c1ccc2c(-c3cc(C(=O)NCCOCCOCCCCCCCl)ccc3C(=O)[O-])c3ccc(=[N+](C)C)cc-3oc2c1. The van der Waals surface area contributed by atoms with Crippen LogP contribution in [0.15, 0.2) is 59.0 Å². The van der Waals surface area contributed by atoms with Gasteiger partial charge in [0.15, 0.2) is 0 Å². The molecule has 2 aliphatic rings. The Balaban J connectivity index is 1.56. The zero-order chi connectivity index (χ0) is 32.3. The molecule has 1 N–H and O–H groups in total. The highest BCUT2D eigenvalue weighted by Crippen LogP contribution is 2.42. The van der Waals surface area contributed by atoms with Crippen molar-refractivity contribution in [2.24, 2.45) is 0 Å². The number of nitrogens with one attached hydrogen (secondary N) is 1. The maximum atomic E-state index is 13.2. The van der Waals surface area contributed by atoms with Crippen LogP contribution in [0.3, 0.4) is 0 Å². The molecule has 240 valence electrons. The Bertz CT molecular complexity index is 1660. The molecule has 9 nitrogen and oxygen atoms in total. The van der Waals surface area contributed by atoms with E-state index in [4.69, 9.17) is 25.5 Å². The molecule has 0 atom stereocenters. The van der Waals surface area contributed by atoms with E-state index >= 15 is 0 Å². The number of benzene rings is 3. The van der Waals surface area contributed by atoms with Gasteiger partial charge in [0.1, 0.15) is 25.4 Å².